The lowest BCUT2D eigenvalue weighted by atomic mass is 9.95. The van der Waals surface area contributed by atoms with Gasteiger partial charge in [-0.05, 0) is 35.4 Å². The lowest BCUT2D eigenvalue weighted by molar-refractivity contribution is 1.37. The predicted octanol–water partition coefficient (Wildman–Crippen LogP) is 5.85. The Morgan fingerprint density at radius 1 is 0.583 bits per heavy atom. The average Bonchev–Trinajstić information content (AvgIpc) is 3.34. The fourth-order valence-electron chi connectivity index (χ4n) is 2.97. The third-order valence-corrected chi connectivity index (χ3v) is 4.11. The highest BCUT2D eigenvalue weighted by Gasteiger charge is 2.12. The maximum Gasteiger partial charge on any atom is 0.0466 e. The van der Waals surface area contributed by atoms with Gasteiger partial charge in [-0.25, -0.2) is 0 Å². The van der Waals surface area contributed by atoms with Crippen LogP contribution in [-0.2, 0) is 0 Å². The Kier molecular flexibility index (Phi) is 3.86. The second-order valence-electron chi connectivity index (χ2n) is 5.68. The molecule has 0 aliphatic carbocycles. The number of rotatable bonds is 4. The molecule has 2 N–H and O–H groups in total. The van der Waals surface area contributed by atoms with E-state index in [1.54, 1.807) is 0 Å². The minimum absolute atomic E-state index is 1.12. The standard InChI is InChI=1S/C22H18N2/c1-2-7-17(8-3-1)13-14-18-9-4-10-19(20-11-5-15-23-20)22(18)21-12-6-16-24-21/h1-16,23-24H. The van der Waals surface area contributed by atoms with Gasteiger partial charge in [-0.15, -0.1) is 0 Å². The summed E-state index contributed by atoms with van der Waals surface area (Å²) < 4.78 is 0. The normalized spacial score (nSPS) is 11.2. The summed E-state index contributed by atoms with van der Waals surface area (Å²) in [4.78, 5) is 6.67. The second kappa shape index (κ2) is 6.47. The number of hydrogen-bond acceptors (Lipinski definition) is 0. The smallest absolute Gasteiger partial charge is 0.0466 e. The van der Waals surface area contributed by atoms with Crippen LogP contribution in [0.25, 0.3) is 34.7 Å². The fourth-order valence-corrected chi connectivity index (χ4v) is 2.97. The molecule has 2 heteroatoms. The third-order valence-electron chi connectivity index (χ3n) is 4.11. The molecule has 0 aliphatic rings. The molecule has 2 nitrogen and oxygen atoms in total. The molecule has 4 rings (SSSR count). The third kappa shape index (κ3) is 2.82. The highest BCUT2D eigenvalue weighted by molar-refractivity contribution is 5.89. The number of aromatic nitrogens is 2. The van der Waals surface area contributed by atoms with E-state index in [-0.39, 0.29) is 0 Å². The molecular weight excluding hydrogens is 292 g/mol. The Balaban J connectivity index is 1.85. The largest absolute Gasteiger partial charge is 0.361 e. The van der Waals surface area contributed by atoms with Gasteiger partial charge >= 0.3 is 0 Å². The summed E-state index contributed by atoms with van der Waals surface area (Å²) in [7, 11) is 0. The maximum absolute atomic E-state index is 3.35. The van der Waals surface area contributed by atoms with Gasteiger partial charge in [-0.3, -0.25) is 0 Å². The van der Waals surface area contributed by atoms with Crippen molar-refractivity contribution in [3.8, 4) is 22.5 Å². The summed E-state index contributed by atoms with van der Waals surface area (Å²) in [6.45, 7) is 0. The van der Waals surface area contributed by atoms with E-state index < -0.39 is 0 Å². The first-order valence-electron chi connectivity index (χ1n) is 8.05. The maximum atomic E-state index is 3.35. The van der Waals surface area contributed by atoms with Crippen LogP contribution < -0.4 is 0 Å². The van der Waals surface area contributed by atoms with Crippen LogP contribution in [-0.4, -0.2) is 9.97 Å². The fraction of sp³-hybridized carbons (Fsp3) is 0. The Morgan fingerprint density at radius 2 is 1.33 bits per heavy atom. The predicted molar refractivity (Wildman–Crippen MR) is 101 cm³/mol. The quantitative estimate of drug-likeness (QED) is 0.443. The molecule has 0 radical (unpaired) electrons. The molecule has 2 aromatic carbocycles. The number of hydrogen-bond donors (Lipinski definition) is 2. The van der Waals surface area contributed by atoms with Gasteiger partial charge in [0, 0.05) is 34.9 Å². The van der Waals surface area contributed by atoms with Gasteiger partial charge in [0.1, 0.15) is 0 Å². The van der Waals surface area contributed by atoms with Crippen molar-refractivity contribution in [1.82, 2.24) is 9.97 Å². The van der Waals surface area contributed by atoms with E-state index in [4.69, 9.17) is 0 Å². The van der Waals surface area contributed by atoms with Crippen molar-refractivity contribution in [2.45, 2.75) is 0 Å². The minimum Gasteiger partial charge on any atom is -0.361 e. The topological polar surface area (TPSA) is 31.6 Å². The lowest BCUT2D eigenvalue weighted by Crippen LogP contribution is -1.89. The Labute approximate surface area is 141 Å². The molecule has 116 valence electrons. The molecule has 2 aromatic heterocycles. The Hall–Kier alpha value is -3.26. The van der Waals surface area contributed by atoms with Crippen molar-refractivity contribution in [3.63, 3.8) is 0 Å². The van der Waals surface area contributed by atoms with Gasteiger partial charge in [0.25, 0.3) is 0 Å². The average molecular weight is 310 g/mol. The van der Waals surface area contributed by atoms with Crippen LogP contribution in [0.15, 0.2) is 85.2 Å². The van der Waals surface area contributed by atoms with Gasteiger partial charge < -0.3 is 9.97 Å². The van der Waals surface area contributed by atoms with Crippen LogP contribution in [0.5, 0.6) is 0 Å². The van der Waals surface area contributed by atoms with Crippen molar-refractivity contribution in [2.75, 3.05) is 0 Å². The first-order valence-corrected chi connectivity index (χ1v) is 8.05. The lowest BCUT2D eigenvalue weighted by Gasteiger charge is -2.11. The van der Waals surface area contributed by atoms with Crippen molar-refractivity contribution >= 4 is 12.2 Å². The Morgan fingerprint density at radius 3 is 2.04 bits per heavy atom. The van der Waals surface area contributed by atoms with Gasteiger partial charge in [0.15, 0.2) is 0 Å². The molecule has 0 saturated heterocycles. The molecule has 0 bridgehead atoms. The van der Waals surface area contributed by atoms with Gasteiger partial charge in [0.05, 0.1) is 0 Å². The summed E-state index contributed by atoms with van der Waals surface area (Å²) in [6, 6.07) is 25.1. The SMILES string of the molecule is C(=Cc1cccc(-c2ccc[nH]2)c1-c1ccc[nH]1)c1ccccc1. The van der Waals surface area contributed by atoms with Gasteiger partial charge in [-0.2, -0.15) is 0 Å². The molecule has 24 heavy (non-hydrogen) atoms. The van der Waals surface area contributed by atoms with Crippen LogP contribution in [0.3, 0.4) is 0 Å². The molecule has 4 aromatic rings. The number of H-pyrrole nitrogens is 2. The monoisotopic (exact) mass is 310 g/mol. The van der Waals surface area contributed by atoms with E-state index in [1.807, 2.05) is 30.6 Å². The van der Waals surface area contributed by atoms with Crippen molar-refractivity contribution < 1.29 is 0 Å². The van der Waals surface area contributed by atoms with Crippen LogP contribution in [0.4, 0.5) is 0 Å². The molecule has 0 unspecified atom stereocenters. The summed E-state index contributed by atoms with van der Waals surface area (Å²) in [6.07, 6.45) is 8.25. The molecule has 0 amide bonds. The molecule has 2 heterocycles. The molecular formula is C22H18N2. The number of benzene rings is 2. The molecule has 0 saturated carbocycles. The van der Waals surface area contributed by atoms with Gasteiger partial charge in [-0.1, -0.05) is 60.7 Å². The molecule has 0 fully saturated rings. The molecule has 0 spiro atoms. The first kappa shape index (κ1) is 14.3. The minimum atomic E-state index is 1.12. The Bertz CT molecular complexity index is 931. The van der Waals surface area contributed by atoms with Crippen molar-refractivity contribution in [1.29, 1.82) is 0 Å². The zero-order chi connectivity index (χ0) is 16.2. The summed E-state index contributed by atoms with van der Waals surface area (Å²) in [5.74, 6) is 0. The molecule has 0 aliphatic heterocycles. The van der Waals surface area contributed by atoms with Crippen molar-refractivity contribution in [3.05, 3.63) is 96.3 Å². The molecule has 0 atom stereocenters. The van der Waals surface area contributed by atoms with Crippen LogP contribution in [0.2, 0.25) is 0 Å². The van der Waals surface area contributed by atoms with Crippen LogP contribution in [0, 0.1) is 0 Å². The van der Waals surface area contributed by atoms with Crippen LogP contribution in [0.1, 0.15) is 11.1 Å². The first-order chi connectivity index (χ1) is 11.9. The zero-order valence-electron chi connectivity index (χ0n) is 13.2. The zero-order valence-corrected chi connectivity index (χ0v) is 13.2. The van der Waals surface area contributed by atoms with E-state index in [0.29, 0.717) is 0 Å². The van der Waals surface area contributed by atoms with E-state index in [1.165, 1.54) is 22.3 Å². The summed E-state index contributed by atoms with van der Waals surface area (Å²) in [5.41, 5.74) is 7.02. The summed E-state index contributed by atoms with van der Waals surface area (Å²) in [5, 5.41) is 0. The van der Waals surface area contributed by atoms with Gasteiger partial charge in [0.2, 0.25) is 0 Å². The number of aromatic amines is 2. The van der Waals surface area contributed by atoms with E-state index >= 15 is 0 Å². The summed E-state index contributed by atoms with van der Waals surface area (Å²) >= 11 is 0. The highest BCUT2D eigenvalue weighted by atomic mass is 14.7. The highest BCUT2D eigenvalue weighted by Crippen LogP contribution is 2.34. The second-order valence-corrected chi connectivity index (χ2v) is 5.68. The van der Waals surface area contributed by atoms with Crippen LogP contribution >= 0.6 is 0 Å². The van der Waals surface area contributed by atoms with Crippen molar-refractivity contribution in [2.24, 2.45) is 0 Å². The van der Waals surface area contributed by atoms with E-state index in [9.17, 15) is 0 Å². The number of nitrogens with one attached hydrogen (secondary N) is 2. The van der Waals surface area contributed by atoms with E-state index in [2.05, 4.69) is 76.7 Å². The van der Waals surface area contributed by atoms with E-state index in [0.717, 1.165) is 11.4 Å².